The Morgan fingerprint density at radius 1 is 1.22 bits per heavy atom. The number of nitrogens with zero attached hydrogens (tertiary/aromatic N) is 2. The molecule has 0 amide bonds. The summed E-state index contributed by atoms with van der Waals surface area (Å²) in [5.74, 6) is -0.501. The van der Waals surface area contributed by atoms with Gasteiger partial charge < -0.3 is 9.64 Å². The van der Waals surface area contributed by atoms with Crippen LogP contribution in [0.3, 0.4) is 0 Å². The molecule has 6 heteroatoms. The van der Waals surface area contributed by atoms with Crippen LogP contribution < -0.4 is 4.90 Å². The summed E-state index contributed by atoms with van der Waals surface area (Å²) < 4.78 is 4.71. The third kappa shape index (κ3) is 2.88. The molecule has 0 aliphatic carbocycles. The second-order valence-electron chi connectivity index (χ2n) is 5.39. The topological polar surface area (TPSA) is 72.7 Å². The predicted octanol–water partition coefficient (Wildman–Crippen LogP) is 2.94. The first-order valence-corrected chi connectivity index (χ1v) is 7.28. The Kier molecular flexibility index (Phi) is 3.97. The number of fused-ring (bicyclic) bond motifs is 1. The highest BCUT2D eigenvalue weighted by Crippen LogP contribution is 2.33. The number of ether oxygens (including phenoxy) is 1. The molecule has 118 valence electrons. The number of carbonyl (C=O) groups excluding carboxylic acids is 1. The van der Waals surface area contributed by atoms with Gasteiger partial charge in [0.1, 0.15) is 5.69 Å². The Hall–Kier alpha value is -2.89. The number of nitro groups is 1. The number of methoxy groups -OCH3 is 1. The highest BCUT2D eigenvalue weighted by atomic mass is 16.6. The van der Waals surface area contributed by atoms with Crippen molar-refractivity contribution in [1.82, 2.24) is 0 Å². The maximum Gasteiger partial charge on any atom is 0.337 e. The summed E-state index contributed by atoms with van der Waals surface area (Å²) in [6.45, 7) is 1.25. The molecule has 0 atom stereocenters. The van der Waals surface area contributed by atoms with Crippen LogP contribution in [0.5, 0.6) is 0 Å². The van der Waals surface area contributed by atoms with Crippen molar-refractivity contribution in [2.75, 3.05) is 18.6 Å². The van der Waals surface area contributed by atoms with Gasteiger partial charge in [-0.05, 0) is 29.7 Å². The van der Waals surface area contributed by atoms with Gasteiger partial charge in [0.2, 0.25) is 0 Å². The Morgan fingerprint density at radius 2 is 1.96 bits per heavy atom. The molecule has 0 unspecified atom stereocenters. The first-order valence-electron chi connectivity index (χ1n) is 7.28. The molecule has 0 saturated heterocycles. The molecule has 6 nitrogen and oxygen atoms in total. The number of rotatable bonds is 3. The fourth-order valence-corrected chi connectivity index (χ4v) is 2.88. The van der Waals surface area contributed by atoms with E-state index >= 15 is 0 Å². The third-order valence-electron chi connectivity index (χ3n) is 4.06. The summed E-state index contributed by atoms with van der Waals surface area (Å²) in [6, 6.07) is 12.4. The summed E-state index contributed by atoms with van der Waals surface area (Å²) in [5, 5.41) is 11.3. The van der Waals surface area contributed by atoms with Gasteiger partial charge in [-0.25, -0.2) is 4.79 Å². The zero-order valence-electron chi connectivity index (χ0n) is 12.7. The molecular formula is C17H16N2O4. The molecule has 0 bridgehead atoms. The van der Waals surface area contributed by atoms with E-state index < -0.39 is 10.9 Å². The summed E-state index contributed by atoms with van der Waals surface area (Å²) in [5.41, 5.74) is 3.17. The third-order valence-corrected chi connectivity index (χ3v) is 4.06. The van der Waals surface area contributed by atoms with Crippen LogP contribution in [0.4, 0.5) is 11.4 Å². The lowest BCUT2D eigenvalue weighted by Gasteiger charge is -2.30. The molecule has 1 aliphatic heterocycles. The van der Waals surface area contributed by atoms with E-state index in [1.54, 1.807) is 0 Å². The quantitative estimate of drug-likeness (QED) is 0.495. The van der Waals surface area contributed by atoms with Crippen LogP contribution in [0.2, 0.25) is 0 Å². The Morgan fingerprint density at radius 3 is 2.65 bits per heavy atom. The van der Waals surface area contributed by atoms with Gasteiger partial charge in [0.15, 0.2) is 0 Å². The highest BCUT2D eigenvalue weighted by molar-refractivity contribution is 5.91. The molecule has 3 rings (SSSR count). The largest absolute Gasteiger partial charge is 0.465 e. The van der Waals surface area contributed by atoms with Crippen LogP contribution in [0.1, 0.15) is 21.5 Å². The van der Waals surface area contributed by atoms with E-state index in [2.05, 4.69) is 6.07 Å². The Balaban J connectivity index is 2.01. The van der Waals surface area contributed by atoms with Crippen molar-refractivity contribution in [3.05, 3.63) is 69.3 Å². The van der Waals surface area contributed by atoms with Crippen LogP contribution in [-0.4, -0.2) is 24.5 Å². The molecule has 0 aromatic heterocycles. The zero-order valence-corrected chi connectivity index (χ0v) is 12.7. The normalized spacial score (nSPS) is 13.3. The lowest BCUT2D eigenvalue weighted by Crippen LogP contribution is -2.31. The number of nitro benzene ring substituents is 1. The molecule has 0 fully saturated rings. The van der Waals surface area contributed by atoms with Gasteiger partial charge in [-0.1, -0.05) is 24.3 Å². The van der Waals surface area contributed by atoms with Gasteiger partial charge >= 0.3 is 5.97 Å². The van der Waals surface area contributed by atoms with Crippen LogP contribution in [0, 0.1) is 10.1 Å². The monoisotopic (exact) mass is 312 g/mol. The number of hydrogen-bond acceptors (Lipinski definition) is 5. The van der Waals surface area contributed by atoms with Crippen molar-refractivity contribution in [2.24, 2.45) is 0 Å². The fourth-order valence-electron chi connectivity index (χ4n) is 2.88. The molecule has 1 aliphatic rings. The average Bonchev–Trinajstić information content (AvgIpc) is 2.60. The van der Waals surface area contributed by atoms with Gasteiger partial charge in [0.05, 0.1) is 17.6 Å². The van der Waals surface area contributed by atoms with E-state index in [0.29, 0.717) is 24.3 Å². The Bertz CT molecular complexity index is 773. The van der Waals surface area contributed by atoms with Crippen molar-refractivity contribution in [1.29, 1.82) is 0 Å². The summed E-state index contributed by atoms with van der Waals surface area (Å²) in [4.78, 5) is 24.6. The lowest BCUT2D eigenvalue weighted by atomic mass is 9.99. The molecule has 2 aromatic rings. The summed E-state index contributed by atoms with van der Waals surface area (Å²) in [6.07, 6.45) is 0.815. The second-order valence-corrected chi connectivity index (χ2v) is 5.39. The summed E-state index contributed by atoms with van der Waals surface area (Å²) >= 11 is 0. The lowest BCUT2D eigenvalue weighted by molar-refractivity contribution is -0.384. The van der Waals surface area contributed by atoms with Gasteiger partial charge in [-0.3, -0.25) is 10.1 Å². The summed E-state index contributed by atoms with van der Waals surface area (Å²) in [7, 11) is 1.29. The van der Waals surface area contributed by atoms with Gasteiger partial charge in [0, 0.05) is 19.2 Å². The SMILES string of the molecule is COC(=O)c1ccc([N+](=O)[O-])c(N2CCc3ccccc3C2)c1. The average molecular weight is 312 g/mol. The first-order chi connectivity index (χ1) is 11.1. The molecule has 0 saturated carbocycles. The van der Waals surface area contributed by atoms with Crippen molar-refractivity contribution < 1.29 is 14.5 Å². The van der Waals surface area contributed by atoms with E-state index in [-0.39, 0.29) is 5.69 Å². The number of hydrogen-bond donors (Lipinski definition) is 0. The number of esters is 1. The fraction of sp³-hybridized carbons (Fsp3) is 0.235. The van der Waals surface area contributed by atoms with Crippen LogP contribution in [0.25, 0.3) is 0 Å². The minimum atomic E-state index is -0.501. The number of carbonyl (C=O) groups is 1. The maximum atomic E-state index is 11.7. The maximum absolute atomic E-state index is 11.7. The van der Waals surface area contributed by atoms with E-state index in [4.69, 9.17) is 4.74 Å². The molecular weight excluding hydrogens is 296 g/mol. The van der Waals surface area contributed by atoms with Gasteiger partial charge in [0.25, 0.3) is 5.69 Å². The Labute approximate surface area is 133 Å². The number of benzene rings is 2. The smallest absolute Gasteiger partial charge is 0.337 e. The van der Waals surface area contributed by atoms with Crippen molar-refractivity contribution >= 4 is 17.3 Å². The number of anilines is 1. The molecule has 23 heavy (non-hydrogen) atoms. The molecule has 0 radical (unpaired) electrons. The molecule has 0 spiro atoms. The second kappa shape index (κ2) is 6.08. The van der Waals surface area contributed by atoms with Gasteiger partial charge in [-0.15, -0.1) is 0 Å². The van der Waals surface area contributed by atoms with Crippen molar-refractivity contribution in [3.8, 4) is 0 Å². The first kappa shape index (κ1) is 15.0. The van der Waals surface area contributed by atoms with Crippen molar-refractivity contribution in [2.45, 2.75) is 13.0 Å². The minimum absolute atomic E-state index is 0.00275. The van der Waals surface area contributed by atoms with Gasteiger partial charge in [-0.2, -0.15) is 0 Å². The van der Waals surface area contributed by atoms with Crippen LogP contribution >= 0.6 is 0 Å². The van der Waals surface area contributed by atoms with E-state index in [9.17, 15) is 14.9 Å². The highest BCUT2D eigenvalue weighted by Gasteiger charge is 2.24. The van der Waals surface area contributed by atoms with E-state index in [1.165, 1.54) is 30.9 Å². The van der Waals surface area contributed by atoms with E-state index in [1.807, 2.05) is 23.1 Å². The standard InChI is InChI=1S/C17H16N2O4/c1-23-17(20)13-6-7-15(19(21)22)16(10-13)18-9-8-12-4-2-3-5-14(12)11-18/h2-7,10H,8-9,11H2,1H3. The molecule has 1 heterocycles. The molecule has 0 N–H and O–H groups in total. The zero-order chi connectivity index (χ0) is 16.4. The van der Waals surface area contributed by atoms with Crippen LogP contribution in [0.15, 0.2) is 42.5 Å². The minimum Gasteiger partial charge on any atom is -0.465 e. The molecule has 2 aromatic carbocycles. The van der Waals surface area contributed by atoms with Crippen LogP contribution in [-0.2, 0) is 17.7 Å². The predicted molar refractivity (Wildman–Crippen MR) is 85.6 cm³/mol. The van der Waals surface area contributed by atoms with E-state index in [0.717, 1.165) is 12.0 Å². The van der Waals surface area contributed by atoms with Crippen molar-refractivity contribution in [3.63, 3.8) is 0 Å².